The lowest BCUT2D eigenvalue weighted by atomic mass is 9.49. The molecule has 2 aliphatic carbocycles. The fraction of sp³-hybridized carbons (Fsp3) is 0.591. The molecule has 0 unspecified atom stereocenters. The third kappa shape index (κ3) is 3.92. The van der Waals surface area contributed by atoms with Crippen molar-refractivity contribution in [3.05, 3.63) is 51.6 Å². The molecule has 1 fully saturated rings. The van der Waals surface area contributed by atoms with E-state index in [1.807, 2.05) is 0 Å². The van der Waals surface area contributed by atoms with Crippen LogP contribution in [0.5, 0.6) is 0 Å². The maximum atomic E-state index is 12.8. The molecule has 3 atom stereocenters. The van der Waals surface area contributed by atoms with Gasteiger partial charge >= 0.3 is 5.97 Å². The molecule has 0 saturated heterocycles. The van der Waals surface area contributed by atoms with Gasteiger partial charge in [-0.15, -0.1) is 0 Å². The Kier molecular flexibility index (Phi) is 5.15. The number of rotatable bonds is 3. The van der Waals surface area contributed by atoms with Crippen LogP contribution in [0.25, 0.3) is 0 Å². The molecule has 0 aromatic heterocycles. The lowest BCUT2D eigenvalue weighted by Gasteiger charge is -2.58. The Morgan fingerprint density at radius 3 is 2.44 bits per heavy atom. The molecule has 5 heteroatoms. The van der Waals surface area contributed by atoms with E-state index in [1.165, 1.54) is 29.8 Å². The second-order valence-corrected chi connectivity index (χ2v) is 9.04. The number of esters is 1. The topological polar surface area (TPSA) is 69.4 Å². The molecular weight excluding hydrogens is 342 g/mol. The SMILES string of the molecule is C/C1=C\CC[C@@](C)(OC(=O)c2ccc([N+](=O)[O-])cc2)[C@H]2CC(C)(C)[C@@H]2CC1. The Morgan fingerprint density at radius 2 is 1.85 bits per heavy atom. The van der Waals surface area contributed by atoms with Gasteiger partial charge in [0.25, 0.3) is 5.69 Å². The van der Waals surface area contributed by atoms with Crippen LogP contribution in [0.2, 0.25) is 0 Å². The van der Waals surface area contributed by atoms with Gasteiger partial charge in [-0.1, -0.05) is 25.5 Å². The molecular formula is C22H29NO4. The highest BCUT2D eigenvalue weighted by atomic mass is 16.6. The summed E-state index contributed by atoms with van der Waals surface area (Å²) >= 11 is 0. The van der Waals surface area contributed by atoms with Crippen molar-refractivity contribution in [3.63, 3.8) is 0 Å². The van der Waals surface area contributed by atoms with Crippen molar-refractivity contribution < 1.29 is 14.5 Å². The zero-order valence-electron chi connectivity index (χ0n) is 16.7. The average molecular weight is 371 g/mol. The lowest BCUT2D eigenvalue weighted by molar-refractivity contribution is -0.384. The van der Waals surface area contributed by atoms with Crippen molar-refractivity contribution >= 4 is 11.7 Å². The average Bonchev–Trinajstić information content (AvgIpc) is 2.64. The second-order valence-electron chi connectivity index (χ2n) is 9.04. The van der Waals surface area contributed by atoms with Gasteiger partial charge < -0.3 is 4.74 Å². The first-order valence-corrected chi connectivity index (χ1v) is 9.76. The monoisotopic (exact) mass is 371 g/mol. The predicted molar refractivity (Wildman–Crippen MR) is 105 cm³/mol. The molecule has 0 spiro atoms. The van der Waals surface area contributed by atoms with Crippen LogP contribution < -0.4 is 0 Å². The number of benzene rings is 1. The molecule has 5 nitrogen and oxygen atoms in total. The summed E-state index contributed by atoms with van der Waals surface area (Å²) in [5, 5.41) is 10.8. The van der Waals surface area contributed by atoms with Crippen LogP contribution in [0.15, 0.2) is 35.9 Å². The molecule has 146 valence electrons. The fourth-order valence-electron chi connectivity index (χ4n) is 4.87. The number of nitro benzene ring substituents is 1. The zero-order valence-corrected chi connectivity index (χ0v) is 16.7. The highest BCUT2D eigenvalue weighted by Gasteiger charge is 2.55. The second kappa shape index (κ2) is 7.10. The number of hydrogen-bond acceptors (Lipinski definition) is 4. The number of ether oxygens (including phenoxy) is 1. The first-order chi connectivity index (χ1) is 12.6. The summed E-state index contributed by atoms with van der Waals surface area (Å²) in [5.41, 5.74) is 1.52. The van der Waals surface area contributed by atoms with Gasteiger partial charge in [-0.25, -0.2) is 4.79 Å². The molecule has 2 aliphatic rings. The van der Waals surface area contributed by atoms with Crippen molar-refractivity contribution in [3.8, 4) is 0 Å². The van der Waals surface area contributed by atoms with E-state index in [2.05, 4.69) is 33.8 Å². The largest absolute Gasteiger partial charge is 0.455 e. The van der Waals surface area contributed by atoms with Gasteiger partial charge in [-0.3, -0.25) is 10.1 Å². The fourth-order valence-corrected chi connectivity index (χ4v) is 4.87. The minimum atomic E-state index is -0.514. The van der Waals surface area contributed by atoms with Crippen LogP contribution in [0.3, 0.4) is 0 Å². The third-order valence-electron chi connectivity index (χ3n) is 6.64. The van der Waals surface area contributed by atoms with Gasteiger partial charge in [0.15, 0.2) is 0 Å². The van der Waals surface area contributed by atoms with E-state index >= 15 is 0 Å². The number of hydrogen-bond donors (Lipinski definition) is 0. The first kappa shape index (κ1) is 19.6. The van der Waals surface area contributed by atoms with E-state index in [9.17, 15) is 14.9 Å². The Hall–Kier alpha value is -2.17. The smallest absolute Gasteiger partial charge is 0.338 e. The van der Waals surface area contributed by atoms with Crippen molar-refractivity contribution in [2.45, 2.75) is 65.4 Å². The molecule has 0 amide bonds. The van der Waals surface area contributed by atoms with Gasteiger partial charge in [0.1, 0.15) is 5.60 Å². The standard InChI is InChI=1S/C22H29NO4/c1-15-6-5-13-22(4,19-14-21(2,3)18(19)12-7-15)27-20(24)16-8-10-17(11-9-16)23(25)26/h6,8-11,18-19H,5,7,12-14H2,1-4H3/b15-6+/t18-,19+,22-/m1/s1. The highest BCUT2D eigenvalue weighted by molar-refractivity contribution is 5.90. The van der Waals surface area contributed by atoms with E-state index in [1.54, 1.807) is 0 Å². The summed E-state index contributed by atoms with van der Waals surface area (Å²) in [6.45, 7) is 8.87. The molecule has 1 saturated carbocycles. The molecule has 1 aromatic carbocycles. The van der Waals surface area contributed by atoms with Crippen LogP contribution in [-0.4, -0.2) is 16.5 Å². The van der Waals surface area contributed by atoms with Gasteiger partial charge in [0, 0.05) is 18.1 Å². The summed E-state index contributed by atoms with van der Waals surface area (Å²) < 4.78 is 6.08. The highest BCUT2D eigenvalue weighted by Crippen LogP contribution is 2.59. The number of nitro groups is 1. The Morgan fingerprint density at radius 1 is 1.19 bits per heavy atom. The number of nitrogens with zero attached hydrogens (tertiary/aromatic N) is 1. The molecule has 0 N–H and O–H groups in total. The first-order valence-electron chi connectivity index (χ1n) is 9.76. The Bertz CT molecular complexity index is 765. The van der Waals surface area contributed by atoms with Gasteiger partial charge in [0.2, 0.25) is 0 Å². The summed E-state index contributed by atoms with van der Waals surface area (Å²) in [4.78, 5) is 23.1. The maximum absolute atomic E-state index is 12.8. The summed E-state index contributed by atoms with van der Waals surface area (Å²) in [5.74, 6) is 0.498. The maximum Gasteiger partial charge on any atom is 0.338 e. The molecule has 3 rings (SSSR count). The number of fused-ring (bicyclic) bond motifs is 1. The lowest BCUT2D eigenvalue weighted by Crippen LogP contribution is -2.56. The van der Waals surface area contributed by atoms with Crippen molar-refractivity contribution in [2.75, 3.05) is 0 Å². The number of carbonyl (C=O) groups is 1. The number of carbonyl (C=O) groups excluding carboxylic acids is 1. The number of allylic oxidation sites excluding steroid dienone is 2. The molecule has 1 aromatic rings. The van der Waals surface area contributed by atoms with Gasteiger partial charge in [0.05, 0.1) is 10.5 Å². The van der Waals surface area contributed by atoms with E-state index in [0.717, 1.165) is 32.1 Å². The van der Waals surface area contributed by atoms with Crippen LogP contribution in [-0.2, 0) is 4.74 Å². The van der Waals surface area contributed by atoms with Crippen LogP contribution in [0, 0.1) is 27.4 Å². The van der Waals surface area contributed by atoms with Crippen LogP contribution in [0.1, 0.15) is 70.2 Å². The van der Waals surface area contributed by atoms with Gasteiger partial charge in [-0.2, -0.15) is 0 Å². The van der Waals surface area contributed by atoms with Crippen molar-refractivity contribution in [1.29, 1.82) is 0 Å². The Balaban J connectivity index is 1.81. The van der Waals surface area contributed by atoms with E-state index in [0.29, 0.717) is 17.4 Å². The number of non-ortho nitro benzene ring substituents is 1. The van der Waals surface area contributed by atoms with Crippen LogP contribution in [0.4, 0.5) is 5.69 Å². The van der Waals surface area contributed by atoms with Crippen LogP contribution >= 0.6 is 0 Å². The summed E-state index contributed by atoms with van der Waals surface area (Å²) in [7, 11) is 0. The molecule has 0 radical (unpaired) electrons. The predicted octanol–water partition coefficient (Wildman–Crippen LogP) is 5.69. The quantitative estimate of drug-likeness (QED) is 0.296. The van der Waals surface area contributed by atoms with E-state index in [-0.39, 0.29) is 11.1 Å². The van der Waals surface area contributed by atoms with E-state index in [4.69, 9.17) is 4.74 Å². The molecule has 0 aliphatic heterocycles. The summed E-state index contributed by atoms with van der Waals surface area (Å²) in [6.07, 6.45) is 7.28. The minimum Gasteiger partial charge on any atom is -0.455 e. The summed E-state index contributed by atoms with van der Waals surface area (Å²) in [6, 6.07) is 5.66. The van der Waals surface area contributed by atoms with Gasteiger partial charge in [-0.05, 0) is 69.4 Å². The Labute approximate surface area is 160 Å². The normalized spacial score (nSPS) is 31.8. The zero-order chi connectivity index (χ0) is 19.8. The van der Waals surface area contributed by atoms with Crippen molar-refractivity contribution in [1.82, 2.24) is 0 Å². The molecule has 0 bridgehead atoms. The van der Waals surface area contributed by atoms with E-state index < -0.39 is 16.5 Å². The minimum absolute atomic E-state index is 0.0263. The third-order valence-corrected chi connectivity index (χ3v) is 6.64. The van der Waals surface area contributed by atoms with Crippen molar-refractivity contribution in [2.24, 2.45) is 17.3 Å². The molecule has 27 heavy (non-hydrogen) atoms. The molecule has 0 heterocycles.